The fourth-order valence-electron chi connectivity index (χ4n) is 5.57. The zero-order valence-corrected chi connectivity index (χ0v) is 23.7. The van der Waals surface area contributed by atoms with E-state index >= 15 is 0 Å². The van der Waals surface area contributed by atoms with Gasteiger partial charge in [0, 0.05) is 11.8 Å². The third-order valence-corrected chi connectivity index (χ3v) is 7.49. The van der Waals surface area contributed by atoms with Crippen molar-refractivity contribution in [2.24, 2.45) is 5.92 Å². The third-order valence-electron chi connectivity index (χ3n) is 7.49. The van der Waals surface area contributed by atoms with Crippen LogP contribution in [0.5, 0.6) is 0 Å². The number of halogens is 2. The molecule has 41 heavy (non-hydrogen) atoms. The van der Waals surface area contributed by atoms with E-state index in [9.17, 15) is 23.2 Å². The molecule has 216 valence electrons. The van der Waals surface area contributed by atoms with Crippen LogP contribution in [0.15, 0.2) is 48.5 Å². The van der Waals surface area contributed by atoms with Crippen LogP contribution in [0.1, 0.15) is 59.2 Å². The smallest absolute Gasteiger partial charge is 0.328 e. The molecule has 0 heterocycles. The van der Waals surface area contributed by atoms with Crippen molar-refractivity contribution in [2.75, 3.05) is 17.7 Å². The predicted molar refractivity (Wildman–Crippen MR) is 155 cm³/mol. The SMILES string of the molecule is COC(=O)[C@@H](NC(=O)c1ccc(-c2cc(F)cc(F)c2)cc1NC(=O)Nc1c(C)cc(C)cc1C)C1CCCCC1. The molecule has 3 aromatic rings. The van der Waals surface area contributed by atoms with Gasteiger partial charge in [-0.2, -0.15) is 0 Å². The Kier molecular flexibility index (Phi) is 9.37. The fourth-order valence-corrected chi connectivity index (χ4v) is 5.57. The van der Waals surface area contributed by atoms with Crippen LogP contribution in [-0.4, -0.2) is 31.1 Å². The van der Waals surface area contributed by atoms with E-state index in [0.29, 0.717) is 11.3 Å². The summed E-state index contributed by atoms with van der Waals surface area (Å²) in [5.41, 5.74) is 4.23. The third kappa shape index (κ3) is 7.28. The van der Waals surface area contributed by atoms with Crippen LogP contribution in [0, 0.1) is 38.3 Å². The number of hydrogen-bond acceptors (Lipinski definition) is 4. The van der Waals surface area contributed by atoms with Gasteiger partial charge in [0.2, 0.25) is 0 Å². The number of methoxy groups -OCH3 is 1. The molecule has 1 fully saturated rings. The van der Waals surface area contributed by atoms with E-state index in [4.69, 9.17) is 4.74 Å². The molecule has 3 amide bonds. The zero-order valence-electron chi connectivity index (χ0n) is 23.7. The van der Waals surface area contributed by atoms with Crippen molar-refractivity contribution in [3.8, 4) is 11.1 Å². The van der Waals surface area contributed by atoms with E-state index in [1.165, 1.54) is 25.3 Å². The van der Waals surface area contributed by atoms with Crippen LogP contribution in [0.4, 0.5) is 25.0 Å². The molecule has 7 nitrogen and oxygen atoms in total. The van der Waals surface area contributed by atoms with Gasteiger partial charge in [0.15, 0.2) is 0 Å². The molecule has 4 rings (SSSR count). The maximum atomic E-state index is 14.0. The highest BCUT2D eigenvalue weighted by atomic mass is 19.1. The Bertz CT molecular complexity index is 1420. The van der Waals surface area contributed by atoms with Gasteiger partial charge in [-0.05, 0) is 86.1 Å². The number of benzene rings is 3. The number of rotatable bonds is 7. The minimum atomic E-state index is -0.843. The second-order valence-electron chi connectivity index (χ2n) is 10.6. The Morgan fingerprint density at radius 2 is 1.46 bits per heavy atom. The summed E-state index contributed by atoms with van der Waals surface area (Å²) in [5, 5.41) is 8.39. The summed E-state index contributed by atoms with van der Waals surface area (Å²) in [4.78, 5) is 39.4. The van der Waals surface area contributed by atoms with Crippen molar-refractivity contribution in [1.29, 1.82) is 0 Å². The Morgan fingerprint density at radius 3 is 2.07 bits per heavy atom. The van der Waals surface area contributed by atoms with Crippen molar-refractivity contribution in [3.05, 3.63) is 82.4 Å². The lowest BCUT2D eigenvalue weighted by Gasteiger charge is -2.29. The number of ether oxygens (including phenoxy) is 1. The molecule has 1 aliphatic carbocycles. The Morgan fingerprint density at radius 1 is 0.829 bits per heavy atom. The van der Waals surface area contributed by atoms with Crippen LogP contribution in [0.3, 0.4) is 0 Å². The van der Waals surface area contributed by atoms with E-state index in [1.54, 1.807) is 0 Å². The standard InChI is InChI=1S/C32H35F2N3O4/c1-18-12-19(2)28(20(3)13-18)37-32(40)35-27-16-22(23-14-24(33)17-25(34)15-23)10-11-26(27)30(38)36-29(31(39)41-4)21-8-6-5-7-9-21/h10-17,21,29H,5-9H2,1-4H3,(H,36,38)(H2,35,37,40)/t29-/m0/s1. The maximum Gasteiger partial charge on any atom is 0.328 e. The summed E-state index contributed by atoms with van der Waals surface area (Å²) in [6.45, 7) is 5.72. The fraction of sp³-hybridized carbons (Fsp3) is 0.344. The second kappa shape index (κ2) is 12.9. The Labute approximate surface area is 238 Å². The number of hydrogen-bond donors (Lipinski definition) is 3. The van der Waals surface area contributed by atoms with Crippen LogP contribution in [0.2, 0.25) is 0 Å². The van der Waals surface area contributed by atoms with Crippen LogP contribution >= 0.6 is 0 Å². The lowest BCUT2D eigenvalue weighted by atomic mass is 9.83. The molecule has 1 atom stereocenters. The first-order chi connectivity index (χ1) is 19.5. The van der Waals surface area contributed by atoms with Crippen LogP contribution < -0.4 is 16.0 Å². The van der Waals surface area contributed by atoms with Gasteiger partial charge in [0.25, 0.3) is 5.91 Å². The van der Waals surface area contributed by atoms with E-state index in [-0.39, 0.29) is 22.7 Å². The summed E-state index contributed by atoms with van der Waals surface area (Å²) < 4.78 is 32.9. The molecule has 0 unspecified atom stereocenters. The molecule has 0 aromatic heterocycles. The number of nitrogens with one attached hydrogen (secondary N) is 3. The highest BCUT2D eigenvalue weighted by molar-refractivity contribution is 6.08. The number of anilines is 2. The van der Waals surface area contributed by atoms with Gasteiger partial charge in [-0.1, -0.05) is 43.0 Å². The zero-order chi connectivity index (χ0) is 29.7. The van der Waals surface area contributed by atoms with Gasteiger partial charge in [0.05, 0.1) is 18.4 Å². The van der Waals surface area contributed by atoms with Gasteiger partial charge in [-0.15, -0.1) is 0 Å². The van der Waals surface area contributed by atoms with Crippen molar-refractivity contribution in [2.45, 2.75) is 58.9 Å². The molecule has 0 aliphatic heterocycles. The van der Waals surface area contributed by atoms with Crippen molar-refractivity contribution < 1.29 is 27.9 Å². The lowest BCUT2D eigenvalue weighted by Crippen LogP contribution is -2.47. The van der Waals surface area contributed by atoms with Crippen molar-refractivity contribution in [1.82, 2.24) is 5.32 Å². The molecule has 1 saturated carbocycles. The van der Waals surface area contributed by atoms with Gasteiger partial charge >= 0.3 is 12.0 Å². The first-order valence-corrected chi connectivity index (χ1v) is 13.7. The quantitative estimate of drug-likeness (QED) is 0.268. The molecule has 1 aliphatic rings. The molecule has 0 bridgehead atoms. The number of amides is 3. The summed E-state index contributed by atoms with van der Waals surface area (Å²) in [7, 11) is 1.28. The summed E-state index contributed by atoms with van der Waals surface area (Å²) in [6, 6.07) is 10.0. The van der Waals surface area contributed by atoms with Gasteiger partial charge in [-0.25, -0.2) is 18.4 Å². The second-order valence-corrected chi connectivity index (χ2v) is 10.6. The first kappa shape index (κ1) is 29.7. The van der Waals surface area contributed by atoms with Crippen molar-refractivity contribution in [3.63, 3.8) is 0 Å². The van der Waals surface area contributed by atoms with E-state index in [1.807, 2.05) is 32.9 Å². The van der Waals surface area contributed by atoms with Gasteiger partial charge < -0.3 is 20.7 Å². The molecule has 3 N–H and O–H groups in total. The van der Waals surface area contributed by atoms with E-state index in [0.717, 1.165) is 67.0 Å². The summed E-state index contributed by atoms with van der Waals surface area (Å²) in [5.74, 6) is -2.70. The Balaban J connectivity index is 1.68. The maximum absolute atomic E-state index is 14.0. The predicted octanol–water partition coefficient (Wildman–Crippen LogP) is 7.05. The first-order valence-electron chi connectivity index (χ1n) is 13.7. The molecule has 0 saturated heterocycles. The minimum absolute atomic E-state index is 0.0677. The number of urea groups is 1. The average molecular weight is 564 g/mol. The lowest BCUT2D eigenvalue weighted by molar-refractivity contribution is -0.144. The average Bonchev–Trinajstić information content (AvgIpc) is 2.93. The summed E-state index contributed by atoms with van der Waals surface area (Å²) >= 11 is 0. The normalized spacial score (nSPS) is 14.2. The van der Waals surface area contributed by atoms with Gasteiger partial charge in [-0.3, -0.25) is 4.79 Å². The highest BCUT2D eigenvalue weighted by Gasteiger charge is 2.32. The van der Waals surface area contributed by atoms with Crippen LogP contribution in [-0.2, 0) is 9.53 Å². The van der Waals surface area contributed by atoms with E-state index < -0.39 is 35.6 Å². The number of aryl methyl sites for hydroxylation is 3. The number of esters is 1. The molecule has 9 heteroatoms. The minimum Gasteiger partial charge on any atom is -0.467 e. The van der Waals surface area contributed by atoms with Crippen LogP contribution in [0.25, 0.3) is 11.1 Å². The number of carbonyl (C=O) groups excluding carboxylic acids is 3. The number of carbonyl (C=O) groups is 3. The Hall–Kier alpha value is -4.27. The molecule has 3 aromatic carbocycles. The molecular formula is C32H35F2N3O4. The molecule has 0 radical (unpaired) electrons. The largest absolute Gasteiger partial charge is 0.467 e. The molecule has 0 spiro atoms. The van der Waals surface area contributed by atoms with Gasteiger partial charge in [0.1, 0.15) is 17.7 Å². The summed E-state index contributed by atoms with van der Waals surface area (Å²) in [6.07, 6.45) is 4.55. The molecular weight excluding hydrogens is 528 g/mol. The highest BCUT2D eigenvalue weighted by Crippen LogP contribution is 2.30. The monoisotopic (exact) mass is 563 g/mol. The topological polar surface area (TPSA) is 96.5 Å². The van der Waals surface area contributed by atoms with E-state index in [2.05, 4.69) is 16.0 Å². The van der Waals surface area contributed by atoms with Crippen molar-refractivity contribution >= 4 is 29.3 Å².